The quantitative estimate of drug-likeness (QED) is 0.579. The average molecular weight is 269 g/mol. The number of pyridine rings is 1. The van der Waals surface area contributed by atoms with Gasteiger partial charge in [-0.1, -0.05) is 0 Å². The van der Waals surface area contributed by atoms with Crippen LogP contribution in [0.15, 0.2) is 18.3 Å². The highest BCUT2D eigenvalue weighted by atomic mass is 16.5. The average Bonchev–Trinajstić information content (AvgIpc) is 2.38. The lowest BCUT2D eigenvalue weighted by atomic mass is 10.3. The van der Waals surface area contributed by atoms with Gasteiger partial charge in [0.1, 0.15) is 0 Å². The Morgan fingerprint density at radius 1 is 1.47 bits per heavy atom. The number of amides is 2. The fourth-order valence-electron chi connectivity index (χ4n) is 1.14. The number of rotatable bonds is 6. The van der Waals surface area contributed by atoms with Crippen LogP contribution in [0.3, 0.4) is 0 Å². The molecule has 8 nitrogen and oxygen atoms in total. The molecule has 2 amide bonds. The van der Waals surface area contributed by atoms with Crippen LogP contribution in [-0.2, 0) is 4.79 Å². The van der Waals surface area contributed by atoms with E-state index in [0.29, 0.717) is 18.2 Å². The van der Waals surface area contributed by atoms with Crippen molar-refractivity contribution >= 4 is 17.7 Å². The molecule has 8 heteroatoms. The Balaban J connectivity index is 2.41. The molecule has 0 saturated heterocycles. The molecule has 0 fully saturated rings. The van der Waals surface area contributed by atoms with Gasteiger partial charge in [0.15, 0.2) is 6.10 Å². The van der Waals surface area contributed by atoms with Gasteiger partial charge in [-0.2, -0.15) is 0 Å². The zero-order valence-corrected chi connectivity index (χ0v) is 10.3. The lowest BCUT2D eigenvalue weighted by Crippen LogP contribution is -2.38. The van der Waals surface area contributed by atoms with Crippen LogP contribution in [0.5, 0.6) is 5.88 Å². The zero-order chi connectivity index (χ0) is 14.3. The molecule has 0 radical (unpaired) electrons. The smallest absolute Gasteiger partial charge is 0.334 e. The minimum Gasteiger partial charge on any atom is -0.479 e. The van der Waals surface area contributed by atoms with Crippen molar-refractivity contribution in [1.29, 1.82) is 0 Å². The van der Waals surface area contributed by atoms with E-state index in [4.69, 9.17) is 14.9 Å². The number of nitrogens with zero attached hydrogens (tertiary/aromatic N) is 1. The van der Waals surface area contributed by atoms with Gasteiger partial charge < -0.3 is 25.6 Å². The van der Waals surface area contributed by atoms with Crippen molar-refractivity contribution in [2.24, 2.45) is 0 Å². The number of urea groups is 1. The maximum absolute atomic E-state index is 11.4. The first-order valence-corrected chi connectivity index (χ1v) is 5.57. The summed E-state index contributed by atoms with van der Waals surface area (Å²) in [6.07, 6.45) is -0.234. The number of hydrogen-bond donors (Lipinski definition) is 4. The molecular formula is C11H15N3O5. The third-order valence-corrected chi connectivity index (χ3v) is 2.03. The van der Waals surface area contributed by atoms with Gasteiger partial charge in [0.05, 0.1) is 25.0 Å². The second-order valence-corrected chi connectivity index (χ2v) is 3.51. The highest BCUT2D eigenvalue weighted by molar-refractivity contribution is 5.89. The number of ether oxygens (including phenoxy) is 1. The van der Waals surface area contributed by atoms with E-state index in [2.05, 4.69) is 15.6 Å². The van der Waals surface area contributed by atoms with Gasteiger partial charge in [-0.3, -0.25) is 0 Å². The predicted molar refractivity (Wildman–Crippen MR) is 66.1 cm³/mol. The molecule has 0 unspecified atom stereocenters. The van der Waals surface area contributed by atoms with Gasteiger partial charge in [-0.25, -0.2) is 14.6 Å². The summed E-state index contributed by atoms with van der Waals surface area (Å²) in [7, 11) is 0. The normalized spacial score (nSPS) is 11.5. The van der Waals surface area contributed by atoms with E-state index in [-0.39, 0.29) is 6.54 Å². The summed E-state index contributed by atoms with van der Waals surface area (Å²) in [6, 6.07) is 2.54. The number of hydrogen-bond acceptors (Lipinski definition) is 5. The molecule has 1 heterocycles. The fraction of sp³-hybridized carbons (Fsp3) is 0.364. The SMILES string of the molecule is CCOc1ccc(NC(=O)NC[C@H](O)C(=O)O)cn1. The molecule has 1 aromatic heterocycles. The van der Waals surface area contributed by atoms with E-state index in [1.165, 1.54) is 6.20 Å². The number of carboxylic acid groups (broad SMARTS) is 1. The number of aromatic nitrogens is 1. The van der Waals surface area contributed by atoms with Crippen LogP contribution in [0.2, 0.25) is 0 Å². The van der Waals surface area contributed by atoms with E-state index in [9.17, 15) is 9.59 Å². The number of carbonyl (C=O) groups is 2. The number of nitrogens with one attached hydrogen (secondary N) is 2. The van der Waals surface area contributed by atoms with Gasteiger partial charge in [0.25, 0.3) is 0 Å². The second kappa shape index (κ2) is 7.17. The van der Waals surface area contributed by atoms with Crippen molar-refractivity contribution in [1.82, 2.24) is 10.3 Å². The van der Waals surface area contributed by atoms with E-state index in [1.807, 2.05) is 6.92 Å². The molecular weight excluding hydrogens is 254 g/mol. The topological polar surface area (TPSA) is 121 Å². The molecule has 0 spiro atoms. The summed E-state index contributed by atoms with van der Waals surface area (Å²) in [4.78, 5) is 25.6. The van der Waals surface area contributed by atoms with E-state index in [0.717, 1.165) is 0 Å². The van der Waals surface area contributed by atoms with Gasteiger partial charge in [0, 0.05) is 6.07 Å². The first-order chi connectivity index (χ1) is 9.02. The van der Waals surface area contributed by atoms with E-state index in [1.54, 1.807) is 12.1 Å². The third-order valence-electron chi connectivity index (χ3n) is 2.03. The zero-order valence-electron chi connectivity index (χ0n) is 10.3. The molecule has 0 saturated carbocycles. The molecule has 0 aliphatic carbocycles. The van der Waals surface area contributed by atoms with Crippen molar-refractivity contribution in [2.75, 3.05) is 18.5 Å². The summed E-state index contributed by atoms with van der Waals surface area (Å²) in [5.41, 5.74) is 0.422. The first kappa shape index (κ1) is 14.7. The van der Waals surface area contributed by atoms with Crippen molar-refractivity contribution in [3.63, 3.8) is 0 Å². The first-order valence-electron chi connectivity index (χ1n) is 5.57. The minimum atomic E-state index is -1.63. The molecule has 1 atom stereocenters. The van der Waals surface area contributed by atoms with Crippen LogP contribution in [0.25, 0.3) is 0 Å². The number of aliphatic hydroxyl groups is 1. The molecule has 0 bridgehead atoms. The van der Waals surface area contributed by atoms with Gasteiger partial charge in [-0.05, 0) is 13.0 Å². The summed E-state index contributed by atoms with van der Waals surface area (Å²) < 4.78 is 5.13. The summed E-state index contributed by atoms with van der Waals surface area (Å²) in [6.45, 7) is 1.94. The number of anilines is 1. The van der Waals surface area contributed by atoms with Crippen LogP contribution < -0.4 is 15.4 Å². The van der Waals surface area contributed by atoms with Crippen LogP contribution in [0.4, 0.5) is 10.5 Å². The second-order valence-electron chi connectivity index (χ2n) is 3.51. The Labute approximate surface area is 109 Å². The lowest BCUT2D eigenvalue weighted by Gasteiger charge is -2.09. The number of carbonyl (C=O) groups excluding carboxylic acids is 1. The molecule has 0 aliphatic heterocycles. The number of aliphatic hydroxyl groups excluding tert-OH is 1. The van der Waals surface area contributed by atoms with Crippen LogP contribution >= 0.6 is 0 Å². The summed E-state index contributed by atoms with van der Waals surface area (Å²) in [5, 5.41) is 22.0. The van der Waals surface area contributed by atoms with Gasteiger partial charge in [-0.15, -0.1) is 0 Å². The Morgan fingerprint density at radius 3 is 2.74 bits per heavy atom. The highest BCUT2D eigenvalue weighted by Crippen LogP contribution is 2.11. The van der Waals surface area contributed by atoms with Crippen molar-refractivity contribution in [3.8, 4) is 5.88 Å². The Kier molecular flexibility index (Phi) is 5.55. The van der Waals surface area contributed by atoms with E-state index < -0.39 is 18.1 Å². The van der Waals surface area contributed by atoms with Crippen LogP contribution in [0, 0.1) is 0 Å². The molecule has 1 aromatic rings. The standard InChI is InChI=1S/C11H15N3O5/c1-2-19-9-4-3-7(5-12-9)14-11(18)13-6-8(15)10(16)17/h3-5,8,15H,2,6H2,1H3,(H,16,17)(H2,13,14,18)/t8-/m0/s1. The maximum atomic E-state index is 11.4. The summed E-state index contributed by atoms with van der Waals surface area (Å²) in [5.74, 6) is -0.960. The van der Waals surface area contributed by atoms with Crippen molar-refractivity contribution in [3.05, 3.63) is 18.3 Å². The number of aliphatic carboxylic acids is 1. The van der Waals surface area contributed by atoms with E-state index >= 15 is 0 Å². The Bertz CT molecular complexity index is 434. The molecule has 104 valence electrons. The van der Waals surface area contributed by atoms with Crippen LogP contribution in [-0.4, -0.2) is 46.5 Å². The molecule has 4 N–H and O–H groups in total. The molecule has 1 rings (SSSR count). The largest absolute Gasteiger partial charge is 0.479 e. The maximum Gasteiger partial charge on any atom is 0.334 e. The Morgan fingerprint density at radius 2 is 2.21 bits per heavy atom. The minimum absolute atomic E-state index is 0.383. The van der Waals surface area contributed by atoms with Gasteiger partial charge in [0.2, 0.25) is 5.88 Å². The molecule has 0 aromatic carbocycles. The lowest BCUT2D eigenvalue weighted by molar-refractivity contribution is -0.146. The molecule has 19 heavy (non-hydrogen) atoms. The monoisotopic (exact) mass is 269 g/mol. The fourth-order valence-corrected chi connectivity index (χ4v) is 1.14. The number of carboxylic acids is 1. The summed E-state index contributed by atoms with van der Waals surface area (Å²) >= 11 is 0. The van der Waals surface area contributed by atoms with Crippen molar-refractivity contribution < 1.29 is 24.5 Å². The Hall–Kier alpha value is -2.35. The van der Waals surface area contributed by atoms with Crippen LogP contribution in [0.1, 0.15) is 6.92 Å². The van der Waals surface area contributed by atoms with Crippen molar-refractivity contribution in [2.45, 2.75) is 13.0 Å². The highest BCUT2D eigenvalue weighted by Gasteiger charge is 2.13. The van der Waals surface area contributed by atoms with Gasteiger partial charge >= 0.3 is 12.0 Å². The molecule has 0 aliphatic rings. The predicted octanol–water partition coefficient (Wildman–Crippen LogP) is 0.0473. The third kappa shape index (κ3) is 5.21.